The SMILES string of the molecule is CCOc1cccc([C@@H](C)NC(=O)[C@H](Cl)CC)c1. The van der Waals surface area contributed by atoms with E-state index in [4.69, 9.17) is 16.3 Å². The van der Waals surface area contributed by atoms with E-state index in [2.05, 4.69) is 5.32 Å². The first kappa shape index (κ1) is 14.8. The molecule has 1 rings (SSSR count). The molecule has 1 amide bonds. The molecule has 1 aromatic carbocycles. The number of carbonyl (C=O) groups excluding carboxylic acids is 1. The van der Waals surface area contributed by atoms with Crippen LogP contribution in [-0.4, -0.2) is 17.9 Å². The summed E-state index contributed by atoms with van der Waals surface area (Å²) in [5.41, 5.74) is 1.01. The van der Waals surface area contributed by atoms with Crippen molar-refractivity contribution in [1.82, 2.24) is 5.32 Å². The Hall–Kier alpha value is -1.22. The van der Waals surface area contributed by atoms with Crippen LogP contribution in [0.3, 0.4) is 0 Å². The molecular weight excluding hydrogens is 250 g/mol. The van der Waals surface area contributed by atoms with Crippen LogP contribution in [0.4, 0.5) is 0 Å². The normalized spacial score (nSPS) is 13.8. The molecule has 100 valence electrons. The average molecular weight is 270 g/mol. The van der Waals surface area contributed by atoms with Gasteiger partial charge in [0.15, 0.2) is 0 Å². The van der Waals surface area contributed by atoms with E-state index in [1.54, 1.807) is 0 Å². The van der Waals surface area contributed by atoms with E-state index in [1.165, 1.54) is 0 Å². The first-order valence-corrected chi connectivity index (χ1v) is 6.69. The van der Waals surface area contributed by atoms with Crippen LogP contribution in [0.25, 0.3) is 0 Å². The standard InChI is InChI=1S/C14H20ClNO2/c1-4-13(15)14(17)16-10(3)11-7-6-8-12(9-11)18-5-2/h6-10,13H,4-5H2,1-3H3,(H,16,17)/t10-,13-/m1/s1. The molecule has 0 bridgehead atoms. The molecule has 0 unspecified atom stereocenters. The third-order valence-corrected chi connectivity index (χ3v) is 3.18. The second-order valence-corrected chi connectivity index (χ2v) is 4.64. The van der Waals surface area contributed by atoms with E-state index >= 15 is 0 Å². The van der Waals surface area contributed by atoms with Crippen molar-refractivity contribution in [3.05, 3.63) is 29.8 Å². The Morgan fingerprint density at radius 1 is 1.44 bits per heavy atom. The van der Waals surface area contributed by atoms with Gasteiger partial charge in [-0.1, -0.05) is 19.1 Å². The van der Waals surface area contributed by atoms with Gasteiger partial charge in [-0.25, -0.2) is 0 Å². The Morgan fingerprint density at radius 2 is 2.17 bits per heavy atom. The minimum Gasteiger partial charge on any atom is -0.494 e. The molecule has 0 saturated carbocycles. The van der Waals surface area contributed by atoms with Crippen molar-refractivity contribution in [2.45, 2.75) is 38.6 Å². The third kappa shape index (κ3) is 4.22. The summed E-state index contributed by atoms with van der Waals surface area (Å²) in [6.45, 7) is 6.39. The Morgan fingerprint density at radius 3 is 2.78 bits per heavy atom. The lowest BCUT2D eigenvalue weighted by atomic mass is 10.1. The summed E-state index contributed by atoms with van der Waals surface area (Å²) in [6, 6.07) is 7.64. The number of carbonyl (C=O) groups is 1. The highest BCUT2D eigenvalue weighted by Gasteiger charge is 2.16. The second kappa shape index (κ2) is 7.27. The van der Waals surface area contributed by atoms with E-state index < -0.39 is 5.38 Å². The van der Waals surface area contributed by atoms with Crippen molar-refractivity contribution in [2.75, 3.05) is 6.61 Å². The Labute approximate surface area is 113 Å². The summed E-state index contributed by atoms with van der Waals surface area (Å²) < 4.78 is 5.43. The fourth-order valence-electron chi connectivity index (χ4n) is 1.61. The monoisotopic (exact) mass is 269 g/mol. The van der Waals surface area contributed by atoms with Crippen molar-refractivity contribution in [2.24, 2.45) is 0 Å². The molecule has 0 aliphatic rings. The van der Waals surface area contributed by atoms with Crippen molar-refractivity contribution >= 4 is 17.5 Å². The second-order valence-electron chi connectivity index (χ2n) is 4.11. The van der Waals surface area contributed by atoms with E-state index in [0.717, 1.165) is 11.3 Å². The van der Waals surface area contributed by atoms with E-state index in [9.17, 15) is 4.79 Å². The predicted octanol–water partition coefficient (Wildman–Crippen LogP) is 3.28. The molecule has 18 heavy (non-hydrogen) atoms. The average Bonchev–Trinajstić information content (AvgIpc) is 2.38. The van der Waals surface area contributed by atoms with Crippen LogP contribution in [0.1, 0.15) is 38.8 Å². The van der Waals surface area contributed by atoms with Crippen LogP contribution in [-0.2, 0) is 4.79 Å². The minimum absolute atomic E-state index is 0.0780. The van der Waals surface area contributed by atoms with Crippen LogP contribution in [0.2, 0.25) is 0 Å². The summed E-state index contributed by atoms with van der Waals surface area (Å²) in [6.07, 6.45) is 0.624. The molecule has 0 fully saturated rings. The van der Waals surface area contributed by atoms with Crippen LogP contribution in [0.15, 0.2) is 24.3 Å². The number of nitrogens with one attached hydrogen (secondary N) is 1. The molecule has 0 aliphatic carbocycles. The molecular formula is C14H20ClNO2. The number of hydrogen-bond acceptors (Lipinski definition) is 2. The molecule has 0 spiro atoms. The smallest absolute Gasteiger partial charge is 0.238 e. The van der Waals surface area contributed by atoms with Gasteiger partial charge >= 0.3 is 0 Å². The highest BCUT2D eigenvalue weighted by atomic mass is 35.5. The number of benzene rings is 1. The zero-order chi connectivity index (χ0) is 13.5. The van der Waals surface area contributed by atoms with Gasteiger partial charge in [-0.05, 0) is 38.0 Å². The maximum atomic E-state index is 11.7. The Bertz CT molecular complexity index is 395. The number of alkyl halides is 1. The molecule has 0 aliphatic heterocycles. The quantitative estimate of drug-likeness (QED) is 0.805. The van der Waals surface area contributed by atoms with Crippen LogP contribution in [0.5, 0.6) is 5.75 Å². The Balaban J connectivity index is 2.68. The van der Waals surface area contributed by atoms with Gasteiger partial charge in [-0.15, -0.1) is 11.6 Å². The topological polar surface area (TPSA) is 38.3 Å². The molecule has 3 nitrogen and oxygen atoms in total. The van der Waals surface area contributed by atoms with Gasteiger partial charge in [0.1, 0.15) is 11.1 Å². The van der Waals surface area contributed by atoms with E-state index in [1.807, 2.05) is 45.0 Å². The third-order valence-electron chi connectivity index (χ3n) is 2.67. The number of ether oxygens (including phenoxy) is 1. The maximum Gasteiger partial charge on any atom is 0.238 e. The first-order valence-electron chi connectivity index (χ1n) is 6.25. The lowest BCUT2D eigenvalue weighted by Crippen LogP contribution is -2.33. The summed E-state index contributed by atoms with van der Waals surface area (Å²) in [5.74, 6) is 0.683. The maximum absolute atomic E-state index is 11.7. The largest absolute Gasteiger partial charge is 0.494 e. The van der Waals surface area contributed by atoms with Crippen molar-refractivity contribution in [3.8, 4) is 5.75 Å². The number of rotatable bonds is 6. The van der Waals surface area contributed by atoms with Crippen molar-refractivity contribution in [3.63, 3.8) is 0 Å². The zero-order valence-corrected chi connectivity index (χ0v) is 11.8. The zero-order valence-electron chi connectivity index (χ0n) is 11.1. The van der Waals surface area contributed by atoms with Gasteiger partial charge in [-0.2, -0.15) is 0 Å². The lowest BCUT2D eigenvalue weighted by molar-refractivity contribution is -0.121. The van der Waals surface area contributed by atoms with Gasteiger partial charge in [-0.3, -0.25) is 4.79 Å². The van der Waals surface area contributed by atoms with Crippen molar-refractivity contribution < 1.29 is 9.53 Å². The summed E-state index contributed by atoms with van der Waals surface area (Å²) in [5, 5.41) is 2.42. The first-order chi connectivity index (χ1) is 8.58. The van der Waals surface area contributed by atoms with Crippen LogP contribution >= 0.6 is 11.6 Å². The fourth-order valence-corrected chi connectivity index (χ4v) is 1.68. The molecule has 2 atom stereocenters. The van der Waals surface area contributed by atoms with Crippen LogP contribution < -0.4 is 10.1 Å². The number of hydrogen-bond donors (Lipinski definition) is 1. The lowest BCUT2D eigenvalue weighted by Gasteiger charge is -2.17. The summed E-state index contributed by atoms with van der Waals surface area (Å²) in [4.78, 5) is 11.7. The number of halogens is 1. The van der Waals surface area contributed by atoms with Gasteiger partial charge in [0.2, 0.25) is 5.91 Å². The van der Waals surface area contributed by atoms with Gasteiger partial charge < -0.3 is 10.1 Å². The summed E-state index contributed by atoms with van der Waals surface area (Å²) >= 11 is 5.89. The summed E-state index contributed by atoms with van der Waals surface area (Å²) in [7, 11) is 0. The fraction of sp³-hybridized carbons (Fsp3) is 0.500. The molecule has 0 aromatic heterocycles. The van der Waals surface area contributed by atoms with E-state index in [-0.39, 0.29) is 11.9 Å². The van der Waals surface area contributed by atoms with Crippen molar-refractivity contribution in [1.29, 1.82) is 0 Å². The molecule has 0 heterocycles. The molecule has 0 radical (unpaired) electrons. The molecule has 0 saturated heterocycles. The highest BCUT2D eigenvalue weighted by Crippen LogP contribution is 2.19. The number of amides is 1. The van der Waals surface area contributed by atoms with Crippen LogP contribution in [0, 0.1) is 0 Å². The van der Waals surface area contributed by atoms with E-state index in [0.29, 0.717) is 13.0 Å². The van der Waals surface area contributed by atoms with Gasteiger partial charge in [0.25, 0.3) is 0 Å². The predicted molar refractivity (Wildman–Crippen MR) is 74.1 cm³/mol. The highest BCUT2D eigenvalue weighted by molar-refractivity contribution is 6.30. The Kier molecular flexibility index (Phi) is 5.99. The molecule has 1 aromatic rings. The van der Waals surface area contributed by atoms with Gasteiger partial charge in [0, 0.05) is 0 Å². The van der Waals surface area contributed by atoms with Gasteiger partial charge in [0.05, 0.1) is 12.6 Å². The molecule has 4 heteroatoms. The molecule has 1 N–H and O–H groups in total. The minimum atomic E-state index is -0.470.